The lowest BCUT2D eigenvalue weighted by atomic mass is 10.0. The summed E-state index contributed by atoms with van der Waals surface area (Å²) in [4.78, 5) is 17.9. The zero-order chi connectivity index (χ0) is 21.4. The van der Waals surface area contributed by atoms with Crippen LogP contribution < -0.4 is 5.69 Å². The number of nitrogens with one attached hydrogen (secondary N) is 1. The number of aryl methyl sites for hydroxylation is 1. The molecule has 5 rings (SSSR count). The quantitative estimate of drug-likeness (QED) is 0.506. The number of nitrogens with zero attached hydrogens (tertiary/aromatic N) is 4. The number of aromatic amines is 1. The van der Waals surface area contributed by atoms with Gasteiger partial charge in [-0.05, 0) is 37.5 Å². The second-order valence-electron chi connectivity index (χ2n) is 8.32. The third kappa shape index (κ3) is 3.93. The molecule has 0 saturated carbocycles. The monoisotopic (exact) mass is 435 g/mol. The van der Waals surface area contributed by atoms with Crippen LogP contribution in [0.15, 0.2) is 59.4 Å². The minimum Gasteiger partial charge on any atom is -0.306 e. The average molecular weight is 436 g/mol. The molecule has 1 aliphatic heterocycles. The van der Waals surface area contributed by atoms with Crippen molar-refractivity contribution in [3.05, 3.63) is 87.1 Å². The fourth-order valence-electron chi connectivity index (χ4n) is 4.63. The number of imidazole rings is 1. The summed E-state index contributed by atoms with van der Waals surface area (Å²) in [5.74, 6) is 0. The highest BCUT2D eigenvalue weighted by Gasteiger charge is 2.25. The first-order chi connectivity index (χ1) is 15.1. The number of rotatable bonds is 5. The Morgan fingerprint density at radius 1 is 1.03 bits per heavy atom. The fourth-order valence-corrected chi connectivity index (χ4v) is 4.92. The number of piperidine rings is 1. The number of hydrogen-bond donors (Lipinski definition) is 1. The smallest absolute Gasteiger partial charge is 0.306 e. The van der Waals surface area contributed by atoms with Crippen LogP contribution in [0, 0.1) is 6.92 Å². The highest BCUT2D eigenvalue weighted by atomic mass is 35.5. The van der Waals surface area contributed by atoms with E-state index in [1.807, 2.05) is 58.6 Å². The van der Waals surface area contributed by atoms with Crippen LogP contribution in [0.3, 0.4) is 0 Å². The molecule has 31 heavy (non-hydrogen) atoms. The summed E-state index contributed by atoms with van der Waals surface area (Å²) < 4.78 is 3.82. The summed E-state index contributed by atoms with van der Waals surface area (Å²) in [6, 6.07) is 18.4. The number of para-hydroxylation sites is 2. The molecule has 1 aliphatic rings. The third-order valence-electron chi connectivity index (χ3n) is 6.29. The van der Waals surface area contributed by atoms with Crippen LogP contribution in [-0.2, 0) is 13.1 Å². The first-order valence-corrected chi connectivity index (χ1v) is 11.2. The second-order valence-corrected chi connectivity index (χ2v) is 8.68. The number of H-pyrrole nitrogens is 1. The Labute approximate surface area is 186 Å². The molecule has 0 atom stereocenters. The summed E-state index contributed by atoms with van der Waals surface area (Å²) in [7, 11) is 0. The van der Waals surface area contributed by atoms with Gasteiger partial charge in [-0.2, -0.15) is 5.10 Å². The Morgan fingerprint density at radius 2 is 1.74 bits per heavy atom. The zero-order valence-electron chi connectivity index (χ0n) is 17.6. The minimum absolute atomic E-state index is 0.0132. The van der Waals surface area contributed by atoms with Crippen LogP contribution >= 0.6 is 11.6 Å². The minimum atomic E-state index is -0.0132. The number of hydrogen-bond acceptors (Lipinski definition) is 3. The van der Waals surface area contributed by atoms with Gasteiger partial charge in [0.2, 0.25) is 0 Å². The van der Waals surface area contributed by atoms with E-state index in [4.69, 9.17) is 11.6 Å². The number of benzene rings is 2. The van der Waals surface area contributed by atoms with Gasteiger partial charge in [-0.3, -0.25) is 9.47 Å². The van der Waals surface area contributed by atoms with Crippen molar-refractivity contribution in [2.24, 2.45) is 0 Å². The first kappa shape index (κ1) is 20.1. The topological polar surface area (TPSA) is 58.9 Å². The molecule has 7 heteroatoms. The van der Waals surface area contributed by atoms with Crippen LogP contribution in [0.4, 0.5) is 0 Å². The van der Waals surface area contributed by atoms with Gasteiger partial charge < -0.3 is 4.98 Å². The lowest BCUT2D eigenvalue weighted by molar-refractivity contribution is 0.179. The number of halogens is 1. The normalized spacial score (nSPS) is 15.7. The predicted octanol–water partition coefficient (Wildman–Crippen LogP) is 4.37. The Bertz CT molecular complexity index is 1250. The van der Waals surface area contributed by atoms with Crippen molar-refractivity contribution >= 4 is 22.6 Å². The molecule has 1 saturated heterocycles. The summed E-state index contributed by atoms with van der Waals surface area (Å²) in [6.45, 7) is 5.34. The molecule has 160 valence electrons. The van der Waals surface area contributed by atoms with Gasteiger partial charge in [0.1, 0.15) is 5.15 Å². The van der Waals surface area contributed by atoms with E-state index < -0.39 is 0 Å². The Morgan fingerprint density at radius 3 is 2.52 bits per heavy atom. The van der Waals surface area contributed by atoms with E-state index in [1.54, 1.807) is 0 Å². The van der Waals surface area contributed by atoms with E-state index in [-0.39, 0.29) is 11.7 Å². The van der Waals surface area contributed by atoms with Gasteiger partial charge >= 0.3 is 5.69 Å². The van der Waals surface area contributed by atoms with Crippen LogP contribution in [0.5, 0.6) is 0 Å². The first-order valence-electron chi connectivity index (χ1n) is 10.8. The Balaban J connectivity index is 1.28. The lowest BCUT2D eigenvalue weighted by Gasteiger charge is -2.32. The SMILES string of the molecule is Cc1nn(Cc2ccccc2)c(Cl)c1CN1CCC(n2c(=O)[nH]c3ccccc32)CC1. The maximum atomic E-state index is 12.5. The van der Waals surface area contributed by atoms with E-state index >= 15 is 0 Å². The maximum absolute atomic E-state index is 12.5. The van der Waals surface area contributed by atoms with Gasteiger partial charge in [0, 0.05) is 31.2 Å². The molecule has 1 fully saturated rings. The van der Waals surface area contributed by atoms with Gasteiger partial charge in [0.05, 0.1) is 23.3 Å². The van der Waals surface area contributed by atoms with Gasteiger partial charge in [-0.15, -0.1) is 0 Å². The molecule has 0 amide bonds. The molecule has 0 aliphatic carbocycles. The van der Waals surface area contributed by atoms with Gasteiger partial charge in [0.25, 0.3) is 0 Å². The van der Waals surface area contributed by atoms with Gasteiger partial charge in [-0.1, -0.05) is 54.1 Å². The highest BCUT2D eigenvalue weighted by Crippen LogP contribution is 2.28. The van der Waals surface area contributed by atoms with Crippen LogP contribution in [0.25, 0.3) is 11.0 Å². The number of fused-ring (bicyclic) bond motifs is 1. The van der Waals surface area contributed by atoms with Crippen molar-refractivity contribution in [1.82, 2.24) is 24.2 Å². The maximum Gasteiger partial charge on any atom is 0.326 e. The average Bonchev–Trinajstić information content (AvgIpc) is 3.25. The Kier molecular flexibility index (Phi) is 5.42. The largest absolute Gasteiger partial charge is 0.326 e. The summed E-state index contributed by atoms with van der Waals surface area (Å²) in [5, 5.41) is 5.40. The molecule has 6 nitrogen and oxygen atoms in total. The molecule has 0 spiro atoms. The second kappa shape index (κ2) is 8.36. The van der Waals surface area contributed by atoms with Crippen LogP contribution in [0.2, 0.25) is 5.15 Å². The Hall–Kier alpha value is -2.83. The zero-order valence-corrected chi connectivity index (χ0v) is 18.3. The van der Waals surface area contributed by atoms with Crippen molar-refractivity contribution in [3.8, 4) is 0 Å². The fraction of sp³-hybridized carbons (Fsp3) is 0.333. The highest BCUT2D eigenvalue weighted by molar-refractivity contribution is 6.30. The molecule has 1 N–H and O–H groups in total. The van der Waals surface area contributed by atoms with E-state index in [2.05, 4.69) is 27.1 Å². The van der Waals surface area contributed by atoms with Gasteiger partial charge in [-0.25, -0.2) is 9.48 Å². The van der Waals surface area contributed by atoms with E-state index in [1.165, 1.54) is 5.56 Å². The standard InChI is InChI=1S/C24H26ClN5O/c1-17-20(23(25)29(27-17)15-18-7-3-2-4-8-18)16-28-13-11-19(12-14-28)30-22-10-6-5-9-21(22)26-24(30)31/h2-10,19H,11-16H2,1H3,(H,26,31). The predicted molar refractivity (Wildman–Crippen MR) is 124 cm³/mol. The van der Waals surface area contributed by atoms with Crippen molar-refractivity contribution in [3.63, 3.8) is 0 Å². The third-order valence-corrected chi connectivity index (χ3v) is 6.71. The van der Waals surface area contributed by atoms with E-state index in [9.17, 15) is 4.79 Å². The molecular formula is C24H26ClN5O. The molecule has 2 aromatic heterocycles. The van der Waals surface area contributed by atoms with Crippen molar-refractivity contribution in [2.45, 2.75) is 38.9 Å². The number of aromatic nitrogens is 4. The van der Waals surface area contributed by atoms with Crippen molar-refractivity contribution in [1.29, 1.82) is 0 Å². The molecular weight excluding hydrogens is 410 g/mol. The molecule has 4 aromatic rings. The molecule has 0 radical (unpaired) electrons. The van der Waals surface area contributed by atoms with Gasteiger partial charge in [0.15, 0.2) is 0 Å². The van der Waals surface area contributed by atoms with Crippen molar-refractivity contribution < 1.29 is 0 Å². The molecule has 0 unspecified atom stereocenters. The molecule has 0 bridgehead atoms. The van der Waals surface area contributed by atoms with Crippen LogP contribution in [0.1, 0.15) is 35.7 Å². The number of likely N-dealkylation sites (tertiary alicyclic amines) is 1. The summed E-state index contributed by atoms with van der Waals surface area (Å²) >= 11 is 6.72. The van der Waals surface area contributed by atoms with Crippen molar-refractivity contribution in [2.75, 3.05) is 13.1 Å². The lowest BCUT2D eigenvalue weighted by Crippen LogP contribution is -2.36. The summed E-state index contributed by atoms with van der Waals surface area (Å²) in [5.41, 5.74) is 5.15. The van der Waals surface area contributed by atoms with E-state index in [0.717, 1.165) is 59.9 Å². The van der Waals surface area contributed by atoms with Crippen LogP contribution in [-0.4, -0.2) is 37.3 Å². The summed E-state index contributed by atoms with van der Waals surface area (Å²) in [6.07, 6.45) is 1.88. The van der Waals surface area contributed by atoms with E-state index in [0.29, 0.717) is 6.54 Å². The molecule has 2 aromatic carbocycles. The molecule has 3 heterocycles.